The summed E-state index contributed by atoms with van der Waals surface area (Å²) in [5.74, 6) is 1.01. The third-order valence-electron chi connectivity index (χ3n) is 7.16. The molecule has 0 spiro atoms. The molecule has 0 radical (unpaired) electrons. The van der Waals surface area contributed by atoms with Crippen LogP contribution in [0.15, 0.2) is 24.1 Å². The lowest BCUT2D eigenvalue weighted by Gasteiger charge is -2.42. The molecule has 0 N–H and O–H groups in total. The molecule has 3 aliphatic rings. The second-order valence-electron chi connectivity index (χ2n) is 8.64. The van der Waals surface area contributed by atoms with Crippen LogP contribution in [0.3, 0.4) is 0 Å². The quantitative estimate of drug-likeness (QED) is 0.487. The van der Waals surface area contributed by atoms with E-state index >= 15 is 4.39 Å². The van der Waals surface area contributed by atoms with Crippen LogP contribution in [0.1, 0.15) is 77.6 Å². The van der Waals surface area contributed by atoms with Gasteiger partial charge >= 0.3 is 0 Å². The molecular weight excluding hydrogens is 321 g/mol. The first-order valence-electron chi connectivity index (χ1n) is 10.4. The Balaban J connectivity index is 1.48. The van der Waals surface area contributed by atoms with Crippen molar-refractivity contribution in [3.8, 4) is 0 Å². The molecule has 142 valence electrons. The van der Waals surface area contributed by atoms with E-state index in [1.807, 2.05) is 0 Å². The van der Waals surface area contributed by atoms with Crippen molar-refractivity contribution < 1.29 is 13.2 Å². The summed E-state index contributed by atoms with van der Waals surface area (Å²) in [5.41, 5.74) is -2.14. The van der Waals surface area contributed by atoms with E-state index in [0.717, 1.165) is 30.8 Å². The van der Waals surface area contributed by atoms with E-state index in [2.05, 4.69) is 6.92 Å². The van der Waals surface area contributed by atoms with Crippen molar-refractivity contribution >= 4 is 0 Å². The average molecular weight is 355 g/mol. The van der Waals surface area contributed by atoms with Crippen LogP contribution in [0.5, 0.6) is 0 Å². The van der Waals surface area contributed by atoms with E-state index in [4.69, 9.17) is 0 Å². The summed E-state index contributed by atoms with van der Waals surface area (Å²) in [5, 5.41) is 0. The molecule has 2 fully saturated rings. The normalized spacial score (nSPS) is 42.2. The molecule has 0 aliphatic heterocycles. The molecule has 3 aliphatic carbocycles. The van der Waals surface area contributed by atoms with Crippen LogP contribution >= 0.6 is 0 Å². The number of hydrogen-bond donors (Lipinski definition) is 0. The predicted octanol–water partition coefficient (Wildman–Crippen LogP) is 7.26. The molecule has 3 rings (SSSR count). The molecule has 0 nitrogen and oxygen atoms in total. The van der Waals surface area contributed by atoms with Gasteiger partial charge < -0.3 is 0 Å². The topological polar surface area (TPSA) is 0 Å². The van der Waals surface area contributed by atoms with Crippen LogP contribution in [0.25, 0.3) is 0 Å². The summed E-state index contributed by atoms with van der Waals surface area (Å²) < 4.78 is 42.8. The van der Waals surface area contributed by atoms with Gasteiger partial charge in [0.1, 0.15) is 5.83 Å². The molecule has 0 heterocycles. The van der Waals surface area contributed by atoms with Gasteiger partial charge in [-0.1, -0.05) is 45.1 Å². The van der Waals surface area contributed by atoms with Gasteiger partial charge in [0.25, 0.3) is 0 Å². The molecule has 0 bridgehead atoms. The number of unbranched alkanes of at least 4 members (excludes halogenated alkanes) is 1. The third-order valence-corrected chi connectivity index (χ3v) is 7.16. The minimum Gasteiger partial charge on any atom is -0.236 e. The molecule has 0 aromatic heterocycles. The van der Waals surface area contributed by atoms with Crippen LogP contribution in [-0.2, 0) is 0 Å². The summed E-state index contributed by atoms with van der Waals surface area (Å²) in [6.45, 7) is 2.26. The zero-order valence-corrected chi connectivity index (χ0v) is 15.5. The predicted molar refractivity (Wildman–Crippen MR) is 97.5 cm³/mol. The summed E-state index contributed by atoms with van der Waals surface area (Å²) in [6, 6.07) is 0. The molecule has 0 aromatic carbocycles. The Bertz CT molecular complexity index is 482. The molecule has 3 heteroatoms. The highest BCUT2D eigenvalue weighted by molar-refractivity contribution is 5.28. The third kappa shape index (κ3) is 4.17. The van der Waals surface area contributed by atoms with E-state index in [1.54, 1.807) is 0 Å². The zero-order chi connectivity index (χ0) is 17.9. The maximum absolute atomic E-state index is 15.1. The number of rotatable bonds is 5. The summed E-state index contributed by atoms with van der Waals surface area (Å²) in [4.78, 5) is 0. The fourth-order valence-electron chi connectivity index (χ4n) is 5.48. The van der Waals surface area contributed by atoms with E-state index in [1.165, 1.54) is 57.1 Å². The Morgan fingerprint density at radius 2 is 1.60 bits per heavy atom. The zero-order valence-electron chi connectivity index (χ0n) is 15.5. The van der Waals surface area contributed by atoms with Crippen molar-refractivity contribution in [3.05, 3.63) is 24.1 Å². The number of alkyl halides is 2. The lowest BCUT2D eigenvalue weighted by molar-refractivity contribution is 0.0102. The molecule has 25 heavy (non-hydrogen) atoms. The summed E-state index contributed by atoms with van der Waals surface area (Å²) >= 11 is 0. The maximum Gasteiger partial charge on any atom is 0.189 e. The molecular formula is C22H33F3. The minimum atomic E-state index is -2.14. The summed E-state index contributed by atoms with van der Waals surface area (Å²) in [6.07, 6.45) is 14.2. The van der Waals surface area contributed by atoms with Gasteiger partial charge in [-0.2, -0.15) is 0 Å². The minimum absolute atomic E-state index is 0.379. The standard InChI is InChI=1S/C22H33F3/c1-2-3-5-16-7-9-17(10-8-16)18-11-13-19(14-12-18)22(25)15-4-6-20(23)21(22)24/h4,6,15-19,21H,2-3,5,7-14H2,1H3. The van der Waals surface area contributed by atoms with Gasteiger partial charge in [0, 0.05) is 5.92 Å². The molecule has 2 unspecified atom stereocenters. The average Bonchev–Trinajstić information content (AvgIpc) is 2.65. The second-order valence-corrected chi connectivity index (χ2v) is 8.64. The molecule has 2 saturated carbocycles. The van der Waals surface area contributed by atoms with Gasteiger partial charge in [-0.25, -0.2) is 13.2 Å². The maximum atomic E-state index is 15.1. The van der Waals surface area contributed by atoms with Gasteiger partial charge in [0.15, 0.2) is 11.8 Å². The largest absolute Gasteiger partial charge is 0.236 e. The van der Waals surface area contributed by atoms with Crippen molar-refractivity contribution in [1.29, 1.82) is 0 Å². The Morgan fingerprint density at radius 3 is 2.20 bits per heavy atom. The lowest BCUT2D eigenvalue weighted by Crippen LogP contribution is -2.44. The van der Waals surface area contributed by atoms with Crippen LogP contribution in [0, 0.1) is 23.7 Å². The second kappa shape index (κ2) is 8.31. The highest BCUT2D eigenvalue weighted by Crippen LogP contribution is 2.48. The van der Waals surface area contributed by atoms with E-state index in [9.17, 15) is 8.78 Å². The monoisotopic (exact) mass is 354 g/mol. The lowest BCUT2D eigenvalue weighted by atomic mass is 9.65. The Hall–Kier alpha value is -0.730. The van der Waals surface area contributed by atoms with Crippen molar-refractivity contribution in [3.63, 3.8) is 0 Å². The SMILES string of the molecule is CCCCC1CCC(C2CCC(C3(F)C=CC=C(F)C3F)CC2)CC1. The first-order chi connectivity index (χ1) is 12.0. The van der Waals surface area contributed by atoms with Crippen LogP contribution in [0.4, 0.5) is 13.2 Å². The van der Waals surface area contributed by atoms with E-state index < -0.39 is 17.7 Å². The summed E-state index contributed by atoms with van der Waals surface area (Å²) in [7, 11) is 0. The van der Waals surface area contributed by atoms with Crippen molar-refractivity contribution in [1.82, 2.24) is 0 Å². The molecule has 2 atom stereocenters. The highest BCUT2D eigenvalue weighted by atomic mass is 19.2. The van der Waals surface area contributed by atoms with Gasteiger partial charge in [0.2, 0.25) is 0 Å². The Labute approximate surface area is 151 Å². The fraction of sp³-hybridized carbons (Fsp3) is 0.818. The van der Waals surface area contributed by atoms with Gasteiger partial charge in [-0.15, -0.1) is 0 Å². The Morgan fingerprint density at radius 1 is 1.00 bits per heavy atom. The number of hydrogen-bond acceptors (Lipinski definition) is 0. The molecule has 0 amide bonds. The highest BCUT2D eigenvalue weighted by Gasteiger charge is 2.49. The van der Waals surface area contributed by atoms with Crippen molar-refractivity contribution in [2.24, 2.45) is 23.7 Å². The molecule has 0 aromatic rings. The van der Waals surface area contributed by atoms with Crippen LogP contribution < -0.4 is 0 Å². The van der Waals surface area contributed by atoms with Gasteiger partial charge in [0.05, 0.1) is 0 Å². The van der Waals surface area contributed by atoms with E-state index in [-0.39, 0.29) is 5.92 Å². The Kier molecular flexibility index (Phi) is 6.33. The first kappa shape index (κ1) is 19.0. The van der Waals surface area contributed by atoms with E-state index in [0.29, 0.717) is 18.8 Å². The first-order valence-corrected chi connectivity index (χ1v) is 10.4. The number of halogens is 3. The van der Waals surface area contributed by atoms with Crippen LogP contribution in [0.2, 0.25) is 0 Å². The molecule has 0 saturated heterocycles. The van der Waals surface area contributed by atoms with Crippen molar-refractivity contribution in [2.75, 3.05) is 0 Å². The smallest absolute Gasteiger partial charge is 0.189 e. The van der Waals surface area contributed by atoms with Crippen LogP contribution in [-0.4, -0.2) is 11.8 Å². The van der Waals surface area contributed by atoms with Gasteiger partial charge in [-0.3, -0.25) is 0 Å². The number of allylic oxidation sites excluding steroid dienone is 4. The fourth-order valence-corrected chi connectivity index (χ4v) is 5.48. The van der Waals surface area contributed by atoms with Crippen molar-refractivity contribution in [2.45, 2.75) is 89.4 Å². The van der Waals surface area contributed by atoms with Gasteiger partial charge in [-0.05, 0) is 68.4 Å².